The van der Waals surface area contributed by atoms with Crippen molar-refractivity contribution in [2.45, 2.75) is 32.6 Å². The Labute approximate surface area is 182 Å². The molecule has 0 unspecified atom stereocenters. The van der Waals surface area contributed by atoms with E-state index >= 15 is 0 Å². The zero-order valence-corrected chi connectivity index (χ0v) is 17.8. The van der Waals surface area contributed by atoms with E-state index in [2.05, 4.69) is 4.99 Å². The van der Waals surface area contributed by atoms with Gasteiger partial charge in [0.25, 0.3) is 0 Å². The molecule has 0 radical (unpaired) electrons. The average molecular weight is 424 g/mol. The lowest BCUT2D eigenvalue weighted by molar-refractivity contribution is -0.140. The minimum Gasteiger partial charge on any atom is -0.462 e. The Kier molecular flexibility index (Phi) is 7.65. The van der Waals surface area contributed by atoms with E-state index in [-0.39, 0.29) is 23.8 Å². The van der Waals surface area contributed by atoms with Crippen molar-refractivity contribution in [1.29, 1.82) is 0 Å². The maximum Gasteiger partial charge on any atom is 0.338 e. The highest BCUT2D eigenvalue weighted by Crippen LogP contribution is 2.31. The van der Waals surface area contributed by atoms with Gasteiger partial charge in [0.2, 0.25) is 0 Å². The molecule has 164 valence electrons. The third-order valence-corrected chi connectivity index (χ3v) is 5.51. The molecular weight excluding hydrogens is 394 g/mol. The Hall–Kier alpha value is -3.35. The number of nitrogens with zero attached hydrogens (tertiary/aromatic N) is 1. The van der Waals surface area contributed by atoms with Crippen molar-refractivity contribution in [2.24, 2.45) is 28.3 Å². The van der Waals surface area contributed by atoms with Crippen LogP contribution in [0, 0.1) is 11.8 Å². The third kappa shape index (κ3) is 6.31. The highest BCUT2D eigenvalue weighted by atomic mass is 16.5. The van der Waals surface area contributed by atoms with Crippen molar-refractivity contribution < 1.29 is 19.1 Å². The summed E-state index contributed by atoms with van der Waals surface area (Å²) in [6, 6.07) is 14.6. The maximum absolute atomic E-state index is 12.5. The number of aliphatic imine (C=N–C) groups is 1. The molecule has 0 amide bonds. The molecule has 0 bridgehead atoms. The van der Waals surface area contributed by atoms with E-state index in [0.29, 0.717) is 30.4 Å². The number of guanidine groups is 1. The smallest absolute Gasteiger partial charge is 0.338 e. The number of carbonyl (C=O) groups is 2. The van der Waals surface area contributed by atoms with Crippen molar-refractivity contribution in [3.63, 3.8) is 0 Å². The lowest BCUT2D eigenvalue weighted by Gasteiger charge is -2.26. The fraction of sp³-hybridized carbons (Fsp3) is 0.375. The van der Waals surface area contributed by atoms with Crippen LogP contribution in [-0.2, 0) is 9.53 Å². The fourth-order valence-corrected chi connectivity index (χ4v) is 3.74. The number of hydrogen-bond acceptors (Lipinski definition) is 5. The van der Waals surface area contributed by atoms with Gasteiger partial charge in [-0.2, -0.15) is 0 Å². The van der Waals surface area contributed by atoms with Crippen molar-refractivity contribution in [2.75, 3.05) is 13.2 Å². The number of esters is 2. The lowest BCUT2D eigenvalue weighted by Crippen LogP contribution is -2.28. The zero-order valence-electron chi connectivity index (χ0n) is 17.8. The van der Waals surface area contributed by atoms with Crippen LogP contribution in [0.3, 0.4) is 0 Å². The second-order valence-corrected chi connectivity index (χ2v) is 7.73. The second-order valence-electron chi connectivity index (χ2n) is 7.73. The molecular formula is C24H29N3O4. The van der Waals surface area contributed by atoms with Crippen molar-refractivity contribution in [1.82, 2.24) is 0 Å². The summed E-state index contributed by atoms with van der Waals surface area (Å²) in [4.78, 5) is 28.4. The van der Waals surface area contributed by atoms with E-state index in [1.54, 1.807) is 31.2 Å². The standard InChI is InChI=1S/C24H29N3O4/c1-2-30-22(28)19-9-7-17(8-10-19)18-11-13-21(14-12-18)31-23(29)20-5-3-16(4-6-20)15-27-24(25)26/h7-14,16,20H,2-6,15H2,1H3,(H4,25,26,27). The first-order valence-electron chi connectivity index (χ1n) is 10.6. The average Bonchev–Trinajstić information content (AvgIpc) is 2.79. The first-order valence-corrected chi connectivity index (χ1v) is 10.6. The number of nitrogens with two attached hydrogens (primary N) is 2. The van der Waals surface area contributed by atoms with Crippen LogP contribution in [0.4, 0.5) is 0 Å². The number of carbonyl (C=O) groups excluding carboxylic acids is 2. The van der Waals surface area contributed by atoms with E-state index in [9.17, 15) is 9.59 Å². The monoisotopic (exact) mass is 423 g/mol. The molecule has 2 aromatic carbocycles. The van der Waals surface area contributed by atoms with Gasteiger partial charge < -0.3 is 20.9 Å². The number of ether oxygens (including phenoxy) is 2. The first kappa shape index (κ1) is 22.3. The summed E-state index contributed by atoms with van der Waals surface area (Å²) in [6.45, 7) is 2.74. The van der Waals surface area contributed by atoms with Gasteiger partial charge in [-0.05, 0) is 73.9 Å². The summed E-state index contributed by atoms with van der Waals surface area (Å²) in [7, 11) is 0. The Morgan fingerprint density at radius 2 is 1.52 bits per heavy atom. The molecule has 0 aliphatic heterocycles. The van der Waals surface area contributed by atoms with E-state index < -0.39 is 0 Å². The van der Waals surface area contributed by atoms with Gasteiger partial charge in [-0.25, -0.2) is 4.79 Å². The first-order chi connectivity index (χ1) is 15.0. The predicted octanol–water partition coefficient (Wildman–Crippen LogP) is 3.52. The second kappa shape index (κ2) is 10.6. The minimum atomic E-state index is -0.332. The molecule has 0 aromatic heterocycles. The third-order valence-electron chi connectivity index (χ3n) is 5.51. The molecule has 0 saturated heterocycles. The van der Waals surface area contributed by atoms with E-state index in [1.165, 1.54) is 0 Å². The predicted molar refractivity (Wildman–Crippen MR) is 120 cm³/mol. The van der Waals surface area contributed by atoms with E-state index in [1.807, 2.05) is 24.3 Å². The molecule has 0 spiro atoms. The van der Waals surface area contributed by atoms with Gasteiger partial charge in [0.15, 0.2) is 5.96 Å². The molecule has 3 rings (SSSR count). The SMILES string of the molecule is CCOC(=O)c1ccc(-c2ccc(OC(=O)C3CCC(CN=C(N)N)CC3)cc2)cc1. The normalized spacial score (nSPS) is 18.1. The summed E-state index contributed by atoms with van der Waals surface area (Å²) in [6.07, 6.45) is 3.40. The largest absolute Gasteiger partial charge is 0.462 e. The van der Waals surface area contributed by atoms with Crippen molar-refractivity contribution in [3.8, 4) is 16.9 Å². The highest BCUT2D eigenvalue weighted by molar-refractivity contribution is 5.90. The van der Waals surface area contributed by atoms with Crippen molar-refractivity contribution in [3.05, 3.63) is 54.1 Å². The molecule has 2 aromatic rings. The highest BCUT2D eigenvalue weighted by Gasteiger charge is 2.27. The summed E-state index contributed by atoms with van der Waals surface area (Å²) in [5.41, 5.74) is 13.2. The van der Waals surface area contributed by atoms with Crippen LogP contribution in [0.1, 0.15) is 43.0 Å². The number of hydrogen-bond donors (Lipinski definition) is 2. The zero-order chi connectivity index (χ0) is 22.2. The lowest BCUT2D eigenvalue weighted by atomic mass is 9.82. The Balaban J connectivity index is 1.53. The molecule has 7 heteroatoms. The molecule has 0 atom stereocenters. The van der Waals surface area contributed by atoms with Crippen LogP contribution in [0.15, 0.2) is 53.5 Å². The molecule has 0 heterocycles. The van der Waals surface area contributed by atoms with E-state index in [0.717, 1.165) is 36.8 Å². The van der Waals surface area contributed by atoms with Crippen LogP contribution in [0.25, 0.3) is 11.1 Å². The molecule has 4 N–H and O–H groups in total. The molecule has 7 nitrogen and oxygen atoms in total. The van der Waals surface area contributed by atoms with Crippen LogP contribution in [0.5, 0.6) is 5.75 Å². The van der Waals surface area contributed by atoms with Gasteiger partial charge in [-0.3, -0.25) is 9.79 Å². The topological polar surface area (TPSA) is 117 Å². The van der Waals surface area contributed by atoms with Crippen LogP contribution in [-0.4, -0.2) is 31.0 Å². The number of benzene rings is 2. The van der Waals surface area contributed by atoms with Gasteiger partial charge in [0, 0.05) is 6.54 Å². The maximum atomic E-state index is 12.5. The molecule has 1 aliphatic rings. The van der Waals surface area contributed by atoms with Gasteiger partial charge in [-0.15, -0.1) is 0 Å². The van der Waals surface area contributed by atoms with Crippen LogP contribution >= 0.6 is 0 Å². The van der Waals surface area contributed by atoms with Gasteiger partial charge in [0.1, 0.15) is 5.75 Å². The summed E-state index contributed by atoms with van der Waals surface area (Å²) >= 11 is 0. The van der Waals surface area contributed by atoms with Gasteiger partial charge in [0.05, 0.1) is 18.1 Å². The summed E-state index contributed by atoms with van der Waals surface area (Å²) in [5, 5.41) is 0. The summed E-state index contributed by atoms with van der Waals surface area (Å²) < 4.78 is 10.6. The quantitative estimate of drug-likeness (QED) is 0.305. The molecule has 1 aliphatic carbocycles. The molecule has 1 fully saturated rings. The van der Waals surface area contributed by atoms with E-state index in [4.69, 9.17) is 20.9 Å². The van der Waals surface area contributed by atoms with Crippen LogP contribution in [0.2, 0.25) is 0 Å². The number of rotatable bonds is 7. The minimum absolute atomic E-state index is 0.0921. The van der Waals surface area contributed by atoms with Gasteiger partial charge >= 0.3 is 11.9 Å². The Morgan fingerprint density at radius 1 is 0.935 bits per heavy atom. The fourth-order valence-electron chi connectivity index (χ4n) is 3.74. The Morgan fingerprint density at radius 3 is 2.06 bits per heavy atom. The summed E-state index contributed by atoms with van der Waals surface area (Å²) in [5.74, 6) is 0.444. The van der Waals surface area contributed by atoms with Crippen molar-refractivity contribution >= 4 is 17.9 Å². The van der Waals surface area contributed by atoms with Crippen LogP contribution < -0.4 is 16.2 Å². The molecule has 1 saturated carbocycles. The Bertz CT molecular complexity index is 911. The molecule has 31 heavy (non-hydrogen) atoms. The van der Waals surface area contributed by atoms with Gasteiger partial charge in [-0.1, -0.05) is 24.3 Å².